The lowest BCUT2D eigenvalue weighted by molar-refractivity contribution is 0.0696. The molecule has 0 unspecified atom stereocenters. The maximum Gasteiger partial charge on any atom is 0.337 e. The van der Waals surface area contributed by atoms with Gasteiger partial charge >= 0.3 is 5.97 Å². The topological polar surface area (TPSA) is 101 Å². The van der Waals surface area contributed by atoms with E-state index < -0.39 is 5.97 Å². The number of aromatic carboxylic acids is 1. The number of pyridine rings is 1. The molecule has 0 amide bonds. The average Bonchev–Trinajstić information content (AvgIpc) is 2.34. The molecule has 4 N–H and O–H groups in total. The van der Waals surface area contributed by atoms with Crippen molar-refractivity contribution in [1.82, 2.24) is 9.88 Å². The molecule has 0 aliphatic carbocycles. The minimum atomic E-state index is -1.04. The summed E-state index contributed by atoms with van der Waals surface area (Å²) in [5, 5.41) is 11.8. The Morgan fingerprint density at radius 1 is 1.53 bits per heavy atom. The number of rotatable bonds is 8. The fourth-order valence-corrected chi connectivity index (χ4v) is 1.34. The smallest absolute Gasteiger partial charge is 0.337 e. The summed E-state index contributed by atoms with van der Waals surface area (Å²) >= 11 is 0. The van der Waals surface area contributed by atoms with Crippen LogP contribution in [-0.2, 0) is 4.74 Å². The van der Waals surface area contributed by atoms with E-state index >= 15 is 0 Å². The molecule has 0 bridgehead atoms. The highest BCUT2D eigenvalue weighted by molar-refractivity contribution is 5.89. The molecule has 19 heavy (non-hydrogen) atoms. The van der Waals surface area contributed by atoms with Crippen LogP contribution in [-0.4, -0.2) is 61.4 Å². The highest BCUT2D eigenvalue weighted by Gasteiger charge is 2.07. The van der Waals surface area contributed by atoms with Gasteiger partial charge in [-0.3, -0.25) is 0 Å². The van der Waals surface area contributed by atoms with E-state index in [1.54, 1.807) is 0 Å². The minimum absolute atomic E-state index is 0.0743. The third kappa shape index (κ3) is 5.54. The van der Waals surface area contributed by atoms with Gasteiger partial charge in [-0.05, 0) is 20.2 Å². The number of anilines is 2. The Bertz CT molecular complexity index is 423. The van der Waals surface area contributed by atoms with E-state index in [1.807, 2.05) is 19.0 Å². The number of likely N-dealkylation sites (N-methyl/N-ethyl adjacent to an activating group) is 1. The number of nitrogen functional groups attached to an aromatic ring is 1. The first-order valence-corrected chi connectivity index (χ1v) is 5.96. The van der Waals surface area contributed by atoms with Crippen molar-refractivity contribution in [3.63, 3.8) is 0 Å². The third-order valence-corrected chi connectivity index (χ3v) is 2.39. The van der Waals surface area contributed by atoms with Crippen LogP contribution < -0.4 is 11.1 Å². The maximum atomic E-state index is 10.7. The Morgan fingerprint density at radius 3 is 2.84 bits per heavy atom. The van der Waals surface area contributed by atoms with Crippen molar-refractivity contribution < 1.29 is 14.6 Å². The van der Waals surface area contributed by atoms with Gasteiger partial charge in [-0.2, -0.15) is 0 Å². The van der Waals surface area contributed by atoms with Crippen molar-refractivity contribution in [2.24, 2.45) is 0 Å². The van der Waals surface area contributed by atoms with Gasteiger partial charge in [0.05, 0.1) is 24.5 Å². The van der Waals surface area contributed by atoms with Crippen LogP contribution in [0.25, 0.3) is 0 Å². The van der Waals surface area contributed by atoms with Crippen LogP contribution in [0, 0.1) is 0 Å². The number of nitrogens with two attached hydrogens (primary N) is 1. The first-order valence-electron chi connectivity index (χ1n) is 5.96. The van der Waals surface area contributed by atoms with E-state index in [1.165, 1.54) is 12.3 Å². The fraction of sp³-hybridized carbons (Fsp3) is 0.500. The van der Waals surface area contributed by atoms with Gasteiger partial charge in [-0.1, -0.05) is 0 Å². The molecule has 0 saturated heterocycles. The van der Waals surface area contributed by atoms with Crippen molar-refractivity contribution in [2.75, 3.05) is 51.4 Å². The van der Waals surface area contributed by atoms with Crippen LogP contribution in [0.1, 0.15) is 10.4 Å². The molecule has 106 valence electrons. The van der Waals surface area contributed by atoms with Crippen molar-refractivity contribution >= 4 is 17.5 Å². The van der Waals surface area contributed by atoms with Gasteiger partial charge < -0.3 is 25.8 Å². The molecule has 7 nitrogen and oxygen atoms in total. The second kappa shape index (κ2) is 7.55. The molecule has 1 heterocycles. The number of hydrogen-bond donors (Lipinski definition) is 3. The molecule has 0 saturated carbocycles. The van der Waals surface area contributed by atoms with Crippen LogP contribution in [0.15, 0.2) is 12.3 Å². The van der Waals surface area contributed by atoms with Crippen LogP contribution in [0.2, 0.25) is 0 Å². The lowest BCUT2D eigenvalue weighted by Crippen LogP contribution is -2.20. The average molecular weight is 268 g/mol. The molecule has 0 aliphatic heterocycles. The van der Waals surface area contributed by atoms with E-state index in [9.17, 15) is 4.79 Å². The Kier molecular flexibility index (Phi) is 6.04. The largest absolute Gasteiger partial charge is 0.478 e. The van der Waals surface area contributed by atoms with E-state index in [2.05, 4.69) is 10.3 Å². The van der Waals surface area contributed by atoms with E-state index in [0.717, 1.165) is 6.54 Å². The van der Waals surface area contributed by atoms with Crippen molar-refractivity contribution in [3.8, 4) is 0 Å². The molecule has 0 spiro atoms. The molecule has 7 heteroatoms. The molecular weight excluding hydrogens is 248 g/mol. The zero-order valence-corrected chi connectivity index (χ0v) is 11.2. The van der Waals surface area contributed by atoms with Crippen molar-refractivity contribution in [3.05, 3.63) is 17.8 Å². The first-order chi connectivity index (χ1) is 9.00. The molecular formula is C12H20N4O3. The Morgan fingerprint density at radius 2 is 2.26 bits per heavy atom. The number of carboxylic acid groups (broad SMARTS) is 1. The summed E-state index contributed by atoms with van der Waals surface area (Å²) < 4.78 is 5.40. The summed E-state index contributed by atoms with van der Waals surface area (Å²) in [6, 6.07) is 1.38. The summed E-state index contributed by atoms with van der Waals surface area (Å²) in [6.45, 7) is 2.63. The summed E-state index contributed by atoms with van der Waals surface area (Å²) in [6.07, 6.45) is 1.27. The molecule has 0 aromatic carbocycles. The third-order valence-electron chi connectivity index (χ3n) is 2.39. The first kappa shape index (κ1) is 15.2. The van der Waals surface area contributed by atoms with Gasteiger partial charge in [0.1, 0.15) is 5.82 Å². The number of carboxylic acids is 1. The Balaban J connectivity index is 2.32. The molecule has 1 aromatic rings. The molecule has 0 aliphatic rings. The minimum Gasteiger partial charge on any atom is -0.478 e. The molecule has 0 atom stereocenters. The van der Waals surface area contributed by atoms with Gasteiger partial charge in [0.2, 0.25) is 0 Å². The summed E-state index contributed by atoms with van der Waals surface area (Å²) in [4.78, 5) is 16.7. The van der Waals surface area contributed by atoms with Crippen molar-refractivity contribution in [2.45, 2.75) is 0 Å². The number of nitrogens with one attached hydrogen (secondary N) is 1. The zero-order valence-electron chi connectivity index (χ0n) is 11.2. The standard InChI is InChI=1S/C12H20N4O3/c1-16(2)4-6-19-5-3-14-11-10(13)7-9(8-15-11)12(17)18/h7-8H,3-6,13H2,1-2H3,(H,14,15)(H,17,18). The Labute approximate surface area is 112 Å². The summed E-state index contributed by atoms with van der Waals surface area (Å²) in [7, 11) is 3.96. The molecule has 1 aromatic heterocycles. The van der Waals surface area contributed by atoms with Crippen LogP contribution in [0.4, 0.5) is 11.5 Å². The lowest BCUT2D eigenvalue weighted by Gasteiger charge is -2.11. The maximum absolute atomic E-state index is 10.7. The van der Waals surface area contributed by atoms with E-state index in [4.69, 9.17) is 15.6 Å². The molecule has 1 rings (SSSR count). The van der Waals surface area contributed by atoms with Gasteiger partial charge in [0, 0.05) is 19.3 Å². The van der Waals surface area contributed by atoms with E-state index in [0.29, 0.717) is 31.3 Å². The zero-order chi connectivity index (χ0) is 14.3. The normalized spacial score (nSPS) is 10.7. The van der Waals surface area contributed by atoms with Crippen LogP contribution in [0.5, 0.6) is 0 Å². The van der Waals surface area contributed by atoms with Crippen LogP contribution >= 0.6 is 0 Å². The number of aromatic nitrogens is 1. The second-order valence-electron chi connectivity index (χ2n) is 4.31. The monoisotopic (exact) mass is 268 g/mol. The number of ether oxygens (including phenoxy) is 1. The molecule has 0 fully saturated rings. The SMILES string of the molecule is CN(C)CCOCCNc1ncc(C(=O)O)cc1N. The van der Waals surface area contributed by atoms with Crippen molar-refractivity contribution in [1.29, 1.82) is 0 Å². The van der Waals surface area contributed by atoms with Crippen LogP contribution in [0.3, 0.4) is 0 Å². The predicted molar refractivity (Wildman–Crippen MR) is 73.5 cm³/mol. The highest BCUT2D eigenvalue weighted by atomic mass is 16.5. The lowest BCUT2D eigenvalue weighted by atomic mass is 10.2. The van der Waals surface area contributed by atoms with Gasteiger partial charge in [-0.25, -0.2) is 9.78 Å². The number of hydrogen-bond acceptors (Lipinski definition) is 6. The van der Waals surface area contributed by atoms with Gasteiger partial charge in [0.25, 0.3) is 0 Å². The number of nitrogens with zero attached hydrogens (tertiary/aromatic N) is 2. The quantitative estimate of drug-likeness (QED) is 0.585. The number of carbonyl (C=O) groups is 1. The second-order valence-corrected chi connectivity index (χ2v) is 4.31. The van der Waals surface area contributed by atoms with E-state index in [-0.39, 0.29) is 5.56 Å². The summed E-state index contributed by atoms with van der Waals surface area (Å²) in [5.74, 6) is -0.570. The fourth-order valence-electron chi connectivity index (χ4n) is 1.34. The predicted octanol–water partition coefficient (Wildman–Crippen LogP) is 0.352. The summed E-state index contributed by atoms with van der Waals surface area (Å²) in [5.41, 5.74) is 6.09. The van der Waals surface area contributed by atoms with Gasteiger partial charge in [-0.15, -0.1) is 0 Å². The highest BCUT2D eigenvalue weighted by Crippen LogP contribution is 2.15. The molecule has 0 radical (unpaired) electrons. The Hall–Kier alpha value is -1.86. The van der Waals surface area contributed by atoms with Gasteiger partial charge in [0.15, 0.2) is 0 Å².